The van der Waals surface area contributed by atoms with Crippen molar-refractivity contribution in [3.8, 4) is 0 Å². The molecule has 1 spiro atoms. The first kappa shape index (κ1) is 22.3. The van der Waals surface area contributed by atoms with Gasteiger partial charge in [0.1, 0.15) is 0 Å². The van der Waals surface area contributed by atoms with Gasteiger partial charge in [-0.25, -0.2) is 0 Å². The van der Waals surface area contributed by atoms with Gasteiger partial charge in [0.25, 0.3) is 0 Å². The van der Waals surface area contributed by atoms with Crippen LogP contribution in [-0.2, 0) is 16.0 Å². The maximum atomic E-state index is 12.9. The Balaban J connectivity index is 1.09. The highest BCUT2D eigenvalue weighted by molar-refractivity contribution is 5.76. The van der Waals surface area contributed by atoms with Gasteiger partial charge in [-0.15, -0.1) is 0 Å². The van der Waals surface area contributed by atoms with E-state index in [4.69, 9.17) is 9.26 Å². The molecule has 3 aliphatic heterocycles. The molecule has 1 saturated carbocycles. The molecule has 1 aliphatic carbocycles. The number of likely N-dealkylation sites (tertiary alicyclic amines) is 2. The average Bonchev–Trinajstić information content (AvgIpc) is 3.21. The van der Waals surface area contributed by atoms with Gasteiger partial charge in [0.05, 0.1) is 5.60 Å². The van der Waals surface area contributed by atoms with Crippen molar-refractivity contribution in [3.63, 3.8) is 0 Å². The average molecular weight is 445 g/mol. The normalized spacial score (nSPS) is 27.5. The van der Waals surface area contributed by atoms with E-state index in [1.54, 1.807) is 0 Å². The van der Waals surface area contributed by atoms with Crippen LogP contribution < -0.4 is 0 Å². The highest BCUT2D eigenvalue weighted by Gasteiger charge is 2.41. The molecule has 1 atom stereocenters. The molecule has 7 heteroatoms. The Bertz CT molecular complexity index is 761. The van der Waals surface area contributed by atoms with Gasteiger partial charge >= 0.3 is 0 Å². The molecule has 7 nitrogen and oxygen atoms in total. The van der Waals surface area contributed by atoms with Crippen LogP contribution >= 0.6 is 0 Å². The lowest BCUT2D eigenvalue weighted by atomic mass is 9.78. The SMILES string of the molecule is CCN1CCC(CC(=O)N2CCC3(CC2)CC(Cc2noc(C4CCC4)n2)CCO3)CC1. The van der Waals surface area contributed by atoms with E-state index in [0.29, 0.717) is 23.7 Å². The van der Waals surface area contributed by atoms with Crippen LogP contribution in [0.4, 0.5) is 0 Å². The first-order valence-electron chi connectivity index (χ1n) is 13.1. The Morgan fingerprint density at radius 2 is 1.84 bits per heavy atom. The highest BCUT2D eigenvalue weighted by atomic mass is 16.5. The maximum absolute atomic E-state index is 12.9. The van der Waals surface area contributed by atoms with E-state index < -0.39 is 0 Å². The zero-order valence-corrected chi connectivity index (χ0v) is 19.8. The Morgan fingerprint density at radius 3 is 2.53 bits per heavy atom. The third-order valence-electron chi connectivity index (χ3n) is 8.65. The van der Waals surface area contributed by atoms with Crippen LogP contribution in [0.5, 0.6) is 0 Å². The highest BCUT2D eigenvalue weighted by Crippen LogP contribution is 2.40. The monoisotopic (exact) mass is 444 g/mol. The number of nitrogens with zero attached hydrogens (tertiary/aromatic N) is 4. The van der Waals surface area contributed by atoms with Gasteiger partial charge in [-0.2, -0.15) is 4.98 Å². The smallest absolute Gasteiger partial charge is 0.229 e. The molecular weight excluding hydrogens is 404 g/mol. The Labute approximate surface area is 192 Å². The summed E-state index contributed by atoms with van der Waals surface area (Å²) in [5, 5.41) is 4.26. The van der Waals surface area contributed by atoms with Gasteiger partial charge in [0.15, 0.2) is 5.82 Å². The summed E-state index contributed by atoms with van der Waals surface area (Å²) in [4.78, 5) is 22.2. The number of rotatable bonds is 6. The second-order valence-electron chi connectivity index (χ2n) is 10.7. The number of hydrogen-bond acceptors (Lipinski definition) is 6. The molecule has 1 aromatic rings. The van der Waals surface area contributed by atoms with Crippen molar-refractivity contribution in [2.75, 3.05) is 39.3 Å². The number of piperidine rings is 2. The molecule has 1 unspecified atom stereocenters. The zero-order valence-electron chi connectivity index (χ0n) is 19.8. The summed E-state index contributed by atoms with van der Waals surface area (Å²) in [6, 6.07) is 0. The maximum Gasteiger partial charge on any atom is 0.229 e. The van der Waals surface area contributed by atoms with Crippen LogP contribution in [0.25, 0.3) is 0 Å². The molecule has 32 heavy (non-hydrogen) atoms. The number of ether oxygens (including phenoxy) is 1. The lowest BCUT2D eigenvalue weighted by Crippen LogP contribution is -2.51. The zero-order chi connectivity index (χ0) is 22.0. The lowest BCUT2D eigenvalue weighted by Gasteiger charge is -2.46. The minimum Gasteiger partial charge on any atom is -0.375 e. The summed E-state index contributed by atoms with van der Waals surface area (Å²) in [6.45, 7) is 8.14. The summed E-state index contributed by atoms with van der Waals surface area (Å²) in [5.41, 5.74) is -0.0628. The fourth-order valence-corrected chi connectivity index (χ4v) is 6.13. The molecule has 4 aliphatic rings. The number of hydrogen-bond donors (Lipinski definition) is 0. The van der Waals surface area contributed by atoms with Crippen molar-refractivity contribution >= 4 is 5.91 Å². The predicted molar refractivity (Wildman–Crippen MR) is 121 cm³/mol. The summed E-state index contributed by atoms with van der Waals surface area (Å²) >= 11 is 0. The topological polar surface area (TPSA) is 71.7 Å². The Hall–Kier alpha value is -1.47. The van der Waals surface area contributed by atoms with Crippen molar-refractivity contribution in [1.29, 1.82) is 0 Å². The molecular formula is C25H40N4O3. The van der Waals surface area contributed by atoms with Gasteiger partial charge in [0.2, 0.25) is 11.8 Å². The second kappa shape index (κ2) is 9.80. The van der Waals surface area contributed by atoms with Crippen LogP contribution in [0.1, 0.15) is 88.8 Å². The van der Waals surface area contributed by atoms with Gasteiger partial charge in [-0.1, -0.05) is 18.5 Å². The Kier molecular flexibility index (Phi) is 6.84. The fourth-order valence-electron chi connectivity index (χ4n) is 6.13. The predicted octanol–water partition coefficient (Wildman–Crippen LogP) is 3.79. The van der Waals surface area contributed by atoms with Gasteiger partial charge in [-0.05, 0) is 82.8 Å². The summed E-state index contributed by atoms with van der Waals surface area (Å²) < 4.78 is 11.9. The van der Waals surface area contributed by atoms with E-state index in [9.17, 15) is 4.79 Å². The summed E-state index contributed by atoms with van der Waals surface area (Å²) in [6.07, 6.45) is 11.7. The molecule has 4 fully saturated rings. The van der Waals surface area contributed by atoms with Crippen molar-refractivity contribution in [3.05, 3.63) is 11.7 Å². The van der Waals surface area contributed by atoms with Gasteiger partial charge in [0, 0.05) is 38.5 Å². The molecule has 0 bridgehead atoms. The van der Waals surface area contributed by atoms with Crippen molar-refractivity contribution < 1.29 is 14.1 Å². The fraction of sp³-hybridized carbons (Fsp3) is 0.880. The molecule has 1 amide bonds. The lowest BCUT2D eigenvalue weighted by molar-refractivity contribution is -0.148. The molecule has 0 N–H and O–H groups in total. The quantitative estimate of drug-likeness (QED) is 0.665. The number of carbonyl (C=O) groups is 1. The second-order valence-corrected chi connectivity index (χ2v) is 10.7. The van der Waals surface area contributed by atoms with E-state index in [1.807, 2.05) is 0 Å². The minimum absolute atomic E-state index is 0.0628. The van der Waals surface area contributed by atoms with E-state index in [2.05, 4.69) is 26.9 Å². The third kappa shape index (κ3) is 5.04. The molecule has 1 aromatic heterocycles. The number of aromatic nitrogens is 2. The van der Waals surface area contributed by atoms with Gasteiger partial charge < -0.3 is 19.1 Å². The minimum atomic E-state index is -0.0628. The molecule has 0 aromatic carbocycles. The third-order valence-corrected chi connectivity index (χ3v) is 8.65. The van der Waals surface area contributed by atoms with Crippen LogP contribution in [0.2, 0.25) is 0 Å². The standard InChI is InChI=1S/C25H40N4O3/c1-2-28-11-6-19(7-12-28)17-23(30)29-13-9-25(10-14-29)18-20(8-15-31-25)16-22-26-24(32-27-22)21-4-3-5-21/h19-21H,2-18H2,1H3. The van der Waals surface area contributed by atoms with Gasteiger partial charge in [-0.3, -0.25) is 4.79 Å². The van der Waals surface area contributed by atoms with E-state index in [-0.39, 0.29) is 5.60 Å². The van der Waals surface area contributed by atoms with Crippen molar-refractivity contribution in [2.24, 2.45) is 11.8 Å². The van der Waals surface area contributed by atoms with E-state index in [1.165, 1.54) is 32.1 Å². The Morgan fingerprint density at radius 1 is 1.06 bits per heavy atom. The van der Waals surface area contributed by atoms with E-state index >= 15 is 0 Å². The van der Waals surface area contributed by atoms with Crippen molar-refractivity contribution in [1.82, 2.24) is 19.9 Å². The molecule has 178 valence electrons. The molecule has 4 heterocycles. The molecule has 5 rings (SSSR count). The largest absolute Gasteiger partial charge is 0.375 e. The van der Waals surface area contributed by atoms with Crippen molar-refractivity contribution in [2.45, 2.75) is 89.1 Å². The summed E-state index contributed by atoms with van der Waals surface area (Å²) in [7, 11) is 0. The van der Waals surface area contributed by atoms with Crippen LogP contribution in [-0.4, -0.2) is 70.8 Å². The van der Waals surface area contributed by atoms with Crippen LogP contribution in [0.15, 0.2) is 4.52 Å². The first-order chi connectivity index (χ1) is 15.6. The first-order valence-corrected chi connectivity index (χ1v) is 13.1. The van der Waals surface area contributed by atoms with Crippen LogP contribution in [0, 0.1) is 11.8 Å². The van der Waals surface area contributed by atoms with E-state index in [0.717, 1.165) is 89.6 Å². The molecule has 0 radical (unpaired) electrons. The molecule has 3 saturated heterocycles. The number of amides is 1. The number of carbonyl (C=O) groups excluding carboxylic acids is 1. The summed E-state index contributed by atoms with van der Waals surface area (Å²) in [5.74, 6) is 3.68. The van der Waals surface area contributed by atoms with Crippen LogP contribution in [0.3, 0.4) is 0 Å².